The molecule has 168 valence electrons. The van der Waals surface area contributed by atoms with E-state index in [9.17, 15) is 14.7 Å². The van der Waals surface area contributed by atoms with Gasteiger partial charge in [-0.05, 0) is 73.1 Å². The zero-order chi connectivity index (χ0) is 23.0. The van der Waals surface area contributed by atoms with Crippen molar-refractivity contribution in [3.05, 3.63) is 99.0 Å². The van der Waals surface area contributed by atoms with Crippen molar-refractivity contribution in [2.24, 2.45) is 0 Å². The molecule has 0 radical (unpaired) electrons. The first-order valence-electron chi connectivity index (χ1n) is 11.5. The molecule has 0 saturated heterocycles. The Balaban J connectivity index is 1.43. The summed E-state index contributed by atoms with van der Waals surface area (Å²) in [7, 11) is 0. The van der Waals surface area contributed by atoms with E-state index in [0.29, 0.717) is 29.8 Å². The molecule has 3 aromatic carbocycles. The maximum absolute atomic E-state index is 13.5. The number of nitrogens with zero attached hydrogens (tertiary/aromatic N) is 1. The lowest BCUT2D eigenvalue weighted by Gasteiger charge is -2.23. The summed E-state index contributed by atoms with van der Waals surface area (Å²) in [4.78, 5) is 28.4. The van der Waals surface area contributed by atoms with Crippen molar-refractivity contribution in [1.29, 1.82) is 0 Å². The number of hydrogen-bond acceptors (Lipinski definition) is 3. The van der Waals surface area contributed by atoms with Crippen LogP contribution in [0.5, 0.6) is 0 Å². The molecule has 0 spiro atoms. The lowest BCUT2D eigenvalue weighted by molar-refractivity contribution is -0.135. The van der Waals surface area contributed by atoms with Gasteiger partial charge < -0.3 is 10.0 Å². The first kappa shape index (κ1) is 22.1. The van der Waals surface area contributed by atoms with Crippen molar-refractivity contribution in [3.8, 4) is 0 Å². The third-order valence-corrected chi connectivity index (χ3v) is 7.34. The summed E-state index contributed by atoms with van der Waals surface area (Å²) in [5.74, 6) is -0.645. The summed E-state index contributed by atoms with van der Waals surface area (Å²) in [5, 5.41) is 11.6. The van der Waals surface area contributed by atoms with Gasteiger partial charge in [-0.25, -0.2) is 0 Å². The number of anilines is 1. The Kier molecular flexibility index (Phi) is 5.94. The SMILES string of the molecule is O=C(C[C@]1(O)C(=O)N(CCc2ccccc2)c2ccc(Br)cc21)c1ccc2c(c1)CCCC2. The maximum Gasteiger partial charge on any atom is 0.264 e. The van der Waals surface area contributed by atoms with Crippen LogP contribution >= 0.6 is 15.9 Å². The summed E-state index contributed by atoms with van der Waals surface area (Å²) in [6, 6.07) is 21.2. The Morgan fingerprint density at radius 3 is 2.52 bits per heavy atom. The van der Waals surface area contributed by atoms with Gasteiger partial charge in [-0.1, -0.05) is 58.4 Å². The molecule has 1 amide bonds. The summed E-state index contributed by atoms with van der Waals surface area (Å²) < 4.78 is 0.763. The fourth-order valence-corrected chi connectivity index (χ4v) is 5.40. The molecule has 4 nitrogen and oxygen atoms in total. The zero-order valence-corrected chi connectivity index (χ0v) is 20.0. The third-order valence-electron chi connectivity index (χ3n) is 6.85. The van der Waals surface area contributed by atoms with Crippen LogP contribution in [-0.4, -0.2) is 23.3 Å². The number of halogens is 1. The van der Waals surface area contributed by atoms with Gasteiger partial charge in [0.05, 0.1) is 12.1 Å². The number of rotatable bonds is 6. The molecule has 0 saturated carbocycles. The van der Waals surface area contributed by atoms with Crippen LogP contribution in [0.15, 0.2) is 71.2 Å². The lowest BCUT2D eigenvalue weighted by atomic mass is 9.85. The average Bonchev–Trinajstić information content (AvgIpc) is 3.04. The Morgan fingerprint density at radius 2 is 1.73 bits per heavy atom. The van der Waals surface area contributed by atoms with Crippen molar-refractivity contribution in [1.82, 2.24) is 0 Å². The van der Waals surface area contributed by atoms with Crippen molar-refractivity contribution in [2.45, 2.75) is 44.1 Å². The molecule has 3 aromatic rings. The number of carbonyl (C=O) groups excluding carboxylic acids is 2. The highest BCUT2D eigenvalue weighted by Gasteiger charge is 2.50. The smallest absolute Gasteiger partial charge is 0.264 e. The number of carbonyl (C=O) groups is 2. The van der Waals surface area contributed by atoms with Crippen molar-refractivity contribution < 1.29 is 14.7 Å². The molecule has 1 atom stereocenters. The molecule has 5 heteroatoms. The molecular formula is C28H26BrNO3. The molecule has 0 aromatic heterocycles. The van der Waals surface area contributed by atoms with Crippen LogP contribution in [0, 0.1) is 0 Å². The molecule has 0 unspecified atom stereocenters. The van der Waals surface area contributed by atoms with Gasteiger partial charge in [-0.3, -0.25) is 9.59 Å². The third kappa shape index (κ3) is 4.16. The summed E-state index contributed by atoms with van der Waals surface area (Å²) >= 11 is 3.46. The second kappa shape index (κ2) is 8.88. The molecule has 1 heterocycles. The number of Topliss-reactive ketones (excluding diaryl/α,β-unsaturated/α-hetero) is 1. The van der Waals surface area contributed by atoms with Crippen LogP contribution in [0.25, 0.3) is 0 Å². The van der Waals surface area contributed by atoms with E-state index in [1.807, 2.05) is 60.7 Å². The molecule has 0 fully saturated rings. The Bertz CT molecular complexity index is 1220. The second-order valence-electron chi connectivity index (χ2n) is 9.00. The minimum Gasteiger partial charge on any atom is -0.375 e. The highest BCUT2D eigenvalue weighted by Crippen LogP contribution is 2.44. The molecule has 1 aliphatic carbocycles. The van der Waals surface area contributed by atoms with Crippen LogP contribution in [-0.2, 0) is 29.7 Å². The zero-order valence-electron chi connectivity index (χ0n) is 18.4. The number of amides is 1. The second-order valence-corrected chi connectivity index (χ2v) is 9.92. The number of ketones is 1. The van der Waals surface area contributed by atoms with E-state index < -0.39 is 11.5 Å². The van der Waals surface area contributed by atoms with E-state index in [0.717, 1.165) is 29.3 Å². The van der Waals surface area contributed by atoms with E-state index in [-0.39, 0.29) is 12.2 Å². The molecule has 1 aliphatic heterocycles. The van der Waals surface area contributed by atoms with Crippen LogP contribution in [0.2, 0.25) is 0 Å². The first-order chi connectivity index (χ1) is 16.0. The van der Waals surface area contributed by atoms with Crippen molar-refractivity contribution in [3.63, 3.8) is 0 Å². The van der Waals surface area contributed by atoms with Gasteiger partial charge in [0.1, 0.15) is 0 Å². The van der Waals surface area contributed by atoms with Gasteiger partial charge >= 0.3 is 0 Å². The fraction of sp³-hybridized carbons (Fsp3) is 0.286. The predicted octanol–water partition coefficient (Wildman–Crippen LogP) is 5.38. The van der Waals surface area contributed by atoms with E-state index in [4.69, 9.17) is 0 Å². The molecule has 0 bridgehead atoms. The number of benzene rings is 3. The van der Waals surface area contributed by atoms with Crippen LogP contribution < -0.4 is 4.90 Å². The average molecular weight is 504 g/mol. The van der Waals surface area contributed by atoms with Gasteiger partial charge in [0, 0.05) is 22.1 Å². The summed E-state index contributed by atoms with van der Waals surface area (Å²) in [6.07, 6.45) is 4.73. The minimum absolute atomic E-state index is 0.213. The van der Waals surface area contributed by atoms with Gasteiger partial charge in [-0.15, -0.1) is 0 Å². The molecule has 5 rings (SSSR count). The summed E-state index contributed by atoms with van der Waals surface area (Å²) in [5.41, 5.74) is 3.48. The number of fused-ring (bicyclic) bond motifs is 2. The number of hydrogen-bond donors (Lipinski definition) is 1. The van der Waals surface area contributed by atoms with Gasteiger partial charge in [0.25, 0.3) is 5.91 Å². The number of aryl methyl sites for hydroxylation is 2. The quantitative estimate of drug-likeness (QED) is 0.459. The van der Waals surface area contributed by atoms with E-state index in [2.05, 4.69) is 15.9 Å². The van der Waals surface area contributed by atoms with Crippen LogP contribution in [0.3, 0.4) is 0 Å². The Labute approximate surface area is 202 Å². The fourth-order valence-electron chi connectivity index (χ4n) is 5.04. The minimum atomic E-state index is -1.87. The highest BCUT2D eigenvalue weighted by molar-refractivity contribution is 9.10. The van der Waals surface area contributed by atoms with Gasteiger partial charge in [0.2, 0.25) is 0 Å². The van der Waals surface area contributed by atoms with E-state index >= 15 is 0 Å². The maximum atomic E-state index is 13.5. The molecule has 33 heavy (non-hydrogen) atoms. The molecule has 2 aliphatic rings. The molecule has 1 N–H and O–H groups in total. The Morgan fingerprint density at radius 1 is 0.970 bits per heavy atom. The Hall–Kier alpha value is -2.76. The van der Waals surface area contributed by atoms with E-state index in [1.165, 1.54) is 17.5 Å². The van der Waals surface area contributed by atoms with Gasteiger partial charge in [-0.2, -0.15) is 0 Å². The lowest BCUT2D eigenvalue weighted by Crippen LogP contribution is -2.42. The largest absolute Gasteiger partial charge is 0.375 e. The monoisotopic (exact) mass is 503 g/mol. The van der Waals surface area contributed by atoms with Gasteiger partial charge in [0.15, 0.2) is 11.4 Å². The normalized spacial score (nSPS) is 19.3. The van der Waals surface area contributed by atoms with Crippen molar-refractivity contribution in [2.75, 3.05) is 11.4 Å². The number of aliphatic hydroxyl groups is 1. The van der Waals surface area contributed by atoms with E-state index in [1.54, 1.807) is 11.0 Å². The predicted molar refractivity (Wildman–Crippen MR) is 133 cm³/mol. The van der Waals surface area contributed by atoms with Crippen LogP contribution in [0.1, 0.15) is 51.9 Å². The molecular weight excluding hydrogens is 478 g/mol. The van der Waals surface area contributed by atoms with Crippen LogP contribution in [0.4, 0.5) is 5.69 Å². The summed E-state index contributed by atoms with van der Waals surface area (Å²) in [6.45, 7) is 0.437. The standard InChI is InChI=1S/C28H26BrNO3/c29-23-12-13-25-24(17-23)28(33,27(32)30(25)15-14-19-6-2-1-3-7-19)18-26(31)22-11-10-20-8-4-5-9-21(20)16-22/h1-3,6-7,10-13,16-17,33H,4-5,8-9,14-15,18H2/t28-/m1/s1. The topological polar surface area (TPSA) is 57.6 Å². The first-order valence-corrected chi connectivity index (χ1v) is 12.3. The van der Waals surface area contributed by atoms with Crippen molar-refractivity contribution >= 4 is 33.3 Å². The highest BCUT2D eigenvalue weighted by atomic mass is 79.9.